The SMILES string of the molecule is CC(=Cc1ccc2c(c1)C1CN(C)CCC1N2C)c1ccccc1. The van der Waals surface area contributed by atoms with Crippen molar-refractivity contribution in [2.45, 2.75) is 25.3 Å². The molecule has 2 aromatic rings. The first-order chi connectivity index (χ1) is 11.6. The van der Waals surface area contributed by atoms with Crippen molar-refractivity contribution >= 4 is 17.3 Å². The van der Waals surface area contributed by atoms with Crippen molar-refractivity contribution in [3.63, 3.8) is 0 Å². The van der Waals surface area contributed by atoms with Gasteiger partial charge in [-0.1, -0.05) is 42.5 Å². The number of anilines is 1. The summed E-state index contributed by atoms with van der Waals surface area (Å²) in [6, 6.07) is 18.3. The smallest absolute Gasteiger partial charge is 0.0403 e. The van der Waals surface area contributed by atoms with Crippen LogP contribution >= 0.6 is 0 Å². The van der Waals surface area contributed by atoms with Gasteiger partial charge in [0.25, 0.3) is 0 Å². The number of benzene rings is 2. The van der Waals surface area contributed by atoms with Gasteiger partial charge in [0, 0.05) is 31.2 Å². The summed E-state index contributed by atoms with van der Waals surface area (Å²) in [5.41, 5.74) is 6.89. The maximum absolute atomic E-state index is 2.50. The van der Waals surface area contributed by atoms with Gasteiger partial charge in [-0.3, -0.25) is 0 Å². The van der Waals surface area contributed by atoms with Crippen LogP contribution < -0.4 is 4.90 Å². The van der Waals surface area contributed by atoms with E-state index in [1.807, 2.05) is 0 Å². The van der Waals surface area contributed by atoms with E-state index in [2.05, 4.69) is 85.4 Å². The van der Waals surface area contributed by atoms with Crippen molar-refractivity contribution < 1.29 is 0 Å². The molecule has 0 N–H and O–H groups in total. The van der Waals surface area contributed by atoms with Gasteiger partial charge in [-0.25, -0.2) is 0 Å². The van der Waals surface area contributed by atoms with E-state index in [1.165, 1.54) is 47.5 Å². The maximum Gasteiger partial charge on any atom is 0.0403 e. The van der Waals surface area contributed by atoms with E-state index in [9.17, 15) is 0 Å². The van der Waals surface area contributed by atoms with E-state index >= 15 is 0 Å². The zero-order chi connectivity index (χ0) is 16.7. The molecule has 0 radical (unpaired) electrons. The molecule has 2 unspecified atom stereocenters. The predicted molar refractivity (Wildman–Crippen MR) is 103 cm³/mol. The molecule has 4 rings (SSSR count). The number of likely N-dealkylation sites (tertiary alicyclic amines) is 1. The number of allylic oxidation sites excluding steroid dienone is 1. The summed E-state index contributed by atoms with van der Waals surface area (Å²) in [6.45, 7) is 4.58. The third kappa shape index (κ3) is 2.65. The van der Waals surface area contributed by atoms with Crippen molar-refractivity contribution in [2.24, 2.45) is 0 Å². The highest BCUT2D eigenvalue weighted by Crippen LogP contribution is 2.44. The zero-order valence-corrected chi connectivity index (χ0v) is 14.9. The summed E-state index contributed by atoms with van der Waals surface area (Å²) in [5.74, 6) is 0.647. The lowest BCUT2D eigenvalue weighted by atomic mass is 9.88. The van der Waals surface area contributed by atoms with Crippen molar-refractivity contribution in [2.75, 3.05) is 32.1 Å². The second kappa shape index (κ2) is 6.10. The molecule has 1 fully saturated rings. The van der Waals surface area contributed by atoms with E-state index in [-0.39, 0.29) is 0 Å². The monoisotopic (exact) mass is 318 g/mol. The van der Waals surface area contributed by atoms with Gasteiger partial charge in [-0.15, -0.1) is 0 Å². The summed E-state index contributed by atoms with van der Waals surface area (Å²) in [5, 5.41) is 0. The minimum Gasteiger partial charge on any atom is -0.371 e. The van der Waals surface area contributed by atoms with Crippen LogP contribution in [0.25, 0.3) is 11.6 Å². The zero-order valence-electron chi connectivity index (χ0n) is 14.9. The third-order valence-corrected chi connectivity index (χ3v) is 5.72. The highest BCUT2D eigenvalue weighted by molar-refractivity contribution is 5.81. The number of rotatable bonds is 2. The Labute approximate surface area is 145 Å². The molecular formula is C22H26N2. The van der Waals surface area contributed by atoms with Gasteiger partial charge >= 0.3 is 0 Å². The summed E-state index contributed by atoms with van der Waals surface area (Å²) in [4.78, 5) is 4.98. The molecule has 2 aliphatic rings. The van der Waals surface area contributed by atoms with Crippen LogP contribution in [0.4, 0.5) is 5.69 Å². The second-order valence-electron chi connectivity index (χ2n) is 7.35. The molecule has 0 aromatic heterocycles. The van der Waals surface area contributed by atoms with Crippen LogP contribution in [-0.2, 0) is 0 Å². The number of piperidine rings is 1. The Bertz CT molecular complexity index is 763. The average Bonchev–Trinajstić information content (AvgIpc) is 2.87. The average molecular weight is 318 g/mol. The van der Waals surface area contributed by atoms with Gasteiger partial charge in [-0.05, 0) is 61.3 Å². The van der Waals surface area contributed by atoms with Crippen molar-refractivity contribution in [1.82, 2.24) is 4.90 Å². The Morgan fingerprint density at radius 2 is 1.88 bits per heavy atom. The molecule has 24 heavy (non-hydrogen) atoms. The van der Waals surface area contributed by atoms with Crippen LogP contribution in [-0.4, -0.2) is 38.1 Å². The molecule has 124 valence electrons. The van der Waals surface area contributed by atoms with E-state index in [0.29, 0.717) is 12.0 Å². The topological polar surface area (TPSA) is 6.48 Å². The Hall–Kier alpha value is -2.06. The summed E-state index contributed by atoms with van der Waals surface area (Å²) in [6.07, 6.45) is 3.58. The molecule has 2 atom stereocenters. The van der Waals surface area contributed by atoms with Gasteiger partial charge in [0.1, 0.15) is 0 Å². The standard InChI is InChI=1S/C22H26N2/c1-16(18-7-5-4-6-8-18)13-17-9-10-21-19(14-17)20-15-23(2)12-11-22(20)24(21)3/h4-10,13-14,20,22H,11-12,15H2,1-3H3. The minimum atomic E-state index is 0.647. The van der Waals surface area contributed by atoms with Crippen LogP contribution in [0.2, 0.25) is 0 Å². The molecule has 2 aliphatic heterocycles. The molecule has 2 nitrogen and oxygen atoms in total. The molecular weight excluding hydrogens is 292 g/mol. The minimum absolute atomic E-state index is 0.647. The van der Waals surface area contributed by atoms with Crippen LogP contribution in [0.15, 0.2) is 48.5 Å². The van der Waals surface area contributed by atoms with Gasteiger partial charge in [0.2, 0.25) is 0 Å². The largest absolute Gasteiger partial charge is 0.371 e. The van der Waals surface area contributed by atoms with Gasteiger partial charge in [0.05, 0.1) is 0 Å². The lowest BCUT2D eigenvalue weighted by molar-refractivity contribution is 0.234. The Morgan fingerprint density at radius 3 is 2.67 bits per heavy atom. The highest BCUT2D eigenvalue weighted by atomic mass is 15.2. The van der Waals surface area contributed by atoms with Crippen molar-refractivity contribution in [3.8, 4) is 0 Å². The van der Waals surface area contributed by atoms with E-state index in [0.717, 1.165) is 0 Å². The third-order valence-electron chi connectivity index (χ3n) is 5.72. The lowest BCUT2D eigenvalue weighted by Gasteiger charge is -2.35. The molecule has 2 heteroatoms. The number of hydrogen-bond acceptors (Lipinski definition) is 2. The quantitative estimate of drug-likeness (QED) is 0.753. The molecule has 0 bridgehead atoms. The number of fused-ring (bicyclic) bond motifs is 3. The molecule has 2 aromatic carbocycles. The Kier molecular flexibility index (Phi) is 3.93. The fourth-order valence-electron chi connectivity index (χ4n) is 4.37. The molecule has 0 aliphatic carbocycles. The second-order valence-corrected chi connectivity index (χ2v) is 7.35. The Balaban J connectivity index is 1.68. The first-order valence-corrected chi connectivity index (χ1v) is 8.92. The fourth-order valence-corrected chi connectivity index (χ4v) is 4.37. The Morgan fingerprint density at radius 1 is 1.08 bits per heavy atom. The molecule has 0 saturated carbocycles. The van der Waals surface area contributed by atoms with Crippen LogP contribution in [0, 0.1) is 0 Å². The van der Waals surface area contributed by atoms with Crippen molar-refractivity contribution in [3.05, 3.63) is 65.2 Å². The highest BCUT2D eigenvalue weighted by Gasteiger charge is 2.39. The van der Waals surface area contributed by atoms with E-state index in [1.54, 1.807) is 0 Å². The molecule has 0 spiro atoms. The van der Waals surface area contributed by atoms with E-state index in [4.69, 9.17) is 0 Å². The maximum atomic E-state index is 2.50. The van der Waals surface area contributed by atoms with Gasteiger partial charge < -0.3 is 9.80 Å². The van der Waals surface area contributed by atoms with Crippen LogP contribution in [0.1, 0.15) is 36.0 Å². The number of likely N-dealkylation sites (N-methyl/N-ethyl adjacent to an activating group) is 2. The lowest BCUT2D eigenvalue weighted by Crippen LogP contribution is -2.43. The summed E-state index contributed by atoms with van der Waals surface area (Å²) >= 11 is 0. The van der Waals surface area contributed by atoms with Gasteiger partial charge in [0.15, 0.2) is 0 Å². The van der Waals surface area contributed by atoms with E-state index < -0.39 is 0 Å². The van der Waals surface area contributed by atoms with Crippen LogP contribution in [0.5, 0.6) is 0 Å². The first kappa shape index (κ1) is 15.5. The van der Waals surface area contributed by atoms with Crippen molar-refractivity contribution in [1.29, 1.82) is 0 Å². The molecule has 1 saturated heterocycles. The number of hydrogen-bond donors (Lipinski definition) is 0. The first-order valence-electron chi connectivity index (χ1n) is 8.92. The molecule has 0 amide bonds. The van der Waals surface area contributed by atoms with Gasteiger partial charge in [-0.2, -0.15) is 0 Å². The normalized spacial score (nSPS) is 24.0. The summed E-state index contributed by atoms with van der Waals surface area (Å²) in [7, 11) is 4.51. The molecule has 2 heterocycles. The predicted octanol–water partition coefficient (Wildman–Crippen LogP) is 4.48. The van der Waals surface area contributed by atoms with Crippen LogP contribution in [0.3, 0.4) is 0 Å². The fraction of sp³-hybridized carbons (Fsp3) is 0.364. The summed E-state index contributed by atoms with van der Waals surface area (Å²) < 4.78 is 0. The number of nitrogens with zero attached hydrogens (tertiary/aromatic N) is 2.